The number of aromatic nitrogens is 1. The van der Waals surface area contributed by atoms with Crippen molar-refractivity contribution in [3.8, 4) is 11.4 Å². The van der Waals surface area contributed by atoms with Crippen LogP contribution in [0.1, 0.15) is 73.3 Å². The molecule has 6 heteroatoms. The van der Waals surface area contributed by atoms with Gasteiger partial charge in [-0.3, -0.25) is 14.5 Å². The Kier molecular flexibility index (Phi) is 8.58. The summed E-state index contributed by atoms with van der Waals surface area (Å²) in [4.78, 5) is 31.6. The minimum Gasteiger partial charge on any atom is -0.497 e. The summed E-state index contributed by atoms with van der Waals surface area (Å²) in [5.74, 6) is 0.484. The Morgan fingerprint density at radius 3 is 2.24 bits per heavy atom. The highest BCUT2D eigenvalue weighted by Crippen LogP contribution is 2.42. The van der Waals surface area contributed by atoms with E-state index < -0.39 is 0 Å². The summed E-state index contributed by atoms with van der Waals surface area (Å²) in [5, 5.41) is 0. The summed E-state index contributed by atoms with van der Waals surface area (Å²) in [7, 11) is 1.64. The van der Waals surface area contributed by atoms with Gasteiger partial charge in [-0.05, 0) is 86.3 Å². The molecule has 4 aromatic rings. The van der Waals surface area contributed by atoms with Gasteiger partial charge in [-0.15, -0.1) is 0 Å². The number of ether oxygens (including phenoxy) is 1. The Hall–Kier alpha value is -4.32. The number of hydrogen-bond acceptors (Lipinski definition) is 3. The van der Waals surface area contributed by atoms with Crippen molar-refractivity contribution in [2.45, 2.75) is 58.5 Å². The van der Waals surface area contributed by atoms with E-state index in [0.29, 0.717) is 5.56 Å². The molecule has 1 aliphatic rings. The van der Waals surface area contributed by atoms with Crippen molar-refractivity contribution in [2.24, 2.45) is 0 Å². The first-order valence-corrected chi connectivity index (χ1v) is 14.6. The highest BCUT2D eigenvalue weighted by atomic mass is 16.5. The SMILES string of the molecule is CCCCCc1ccc(C(=O)N(CC(=O)N2c3ccccc3-n3cccc3C2c2ccc(OC)cc2)C(C)C)cc1. The first kappa shape index (κ1) is 28.2. The second-order valence-electron chi connectivity index (χ2n) is 10.9. The van der Waals surface area contributed by atoms with Gasteiger partial charge in [0.25, 0.3) is 5.91 Å². The van der Waals surface area contributed by atoms with Crippen molar-refractivity contribution < 1.29 is 14.3 Å². The zero-order chi connectivity index (χ0) is 28.9. The maximum absolute atomic E-state index is 14.3. The van der Waals surface area contributed by atoms with Gasteiger partial charge in [-0.2, -0.15) is 0 Å². The standard InChI is InChI=1S/C35H39N3O3/c1-5-6-7-11-26-15-17-28(18-16-26)35(40)37(25(2)3)24-33(39)38-31-13-9-8-12-30(31)36-23-10-14-32(36)34(38)27-19-21-29(41-4)22-20-27/h8-10,12-23,25,34H,5-7,11,24H2,1-4H3. The molecule has 2 amide bonds. The van der Waals surface area contributed by atoms with Crippen LogP contribution in [0.5, 0.6) is 5.75 Å². The zero-order valence-corrected chi connectivity index (χ0v) is 24.4. The van der Waals surface area contributed by atoms with E-state index >= 15 is 0 Å². The first-order valence-electron chi connectivity index (χ1n) is 14.6. The molecule has 2 heterocycles. The van der Waals surface area contributed by atoms with Crippen LogP contribution in [0.2, 0.25) is 0 Å². The molecule has 1 atom stereocenters. The van der Waals surface area contributed by atoms with E-state index in [1.54, 1.807) is 12.0 Å². The van der Waals surface area contributed by atoms with Gasteiger partial charge in [0.15, 0.2) is 0 Å². The lowest BCUT2D eigenvalue weighted by molar-refractivity contribution is -0.120. The van der Waals surface area contributed by atoms with Gasteiger partial charge >= 0.3 is 0 Å². The summed E-state index contributed by atoms with van der Waals surface area (Å²) >= 11 is 0. The maximum Gasteiger partial charge on any atom is 0.254 e. The third-order valence-corrected chi connectivity index (χ3v) is 7.88. The lowest BCUT2D eigenvalue weighted by atomic mass is 9.97. The number of anilines is 1. The molecule has 1 aromatic heterocycles. The summed E-state index contributed by atoms with van der Waals surface area (Å²) in [6.45, 7) is 6.08. The number of hydrogen-bond donors (Lipinski definition) is 0. The second kappa shape index (κ2) is 12.5. The number of rotatable bonds is 10. The van der Waals surface area contributed by atoms with Gasteiger partial charge in [-0.1, -0.05) is 56.2 Å². The Bertz CT molecular complexity index is 1490. The van der Waals surface area contributed by atoms with E-state index in [-0.39, 0.29) is 30.4 Å². The quantitative estimate of drug-likeness (QED) is 0.197. The normalized spacial score (nSPS) is 14.0. The van der Waals surface area contributed by atoms with Crippen LogP contribution in [0.15, 0.2) is 91.1 Å². The van der Waals surface area contributed by atoms with Gasteiger partial charge in [0.05, 0.1) is 24.2 Å². The topological polar surface area (TPSA) is 54.8 Å². The minimum atomic E-state index is -0.357. The molecule has 0 saturated heterocycles. The van der Waals surface area contributed by atoms with Crippen LogP contribution in [0, 0.1) is 0 Å². The lowest BCUT2D eigenvalue weighted by Crippen LogP contribution is -2.48. The molecule has 0 N–H and O–H groups in total. The summed E-state index contributed by atoms with van der Waals surface area (Å²) in [5.41, 5.74) is 5.54. The van der Waals surface area contributed by atoms with Crippen LogP contribution in [-0.2, 0) is 11.2 Å². The fraction of sp³-hybridized carbons (Fsp3) is 0.314. The van der Waals surface area contributed by atoms with E-state index in [9.17, 15) is 9.59 Å². The molecule has 212 valence electrons. The monoisotopic (exact) mass is 549 g/mol. The van der Waals surface area contributed by atoms with Crippen LogP contribution in [-0.4, -0.2) is 41.0 Å². The molecular formula is C35H39N3O3. The lowest BCUT2D eigenvalue weighted by Gasteiger charge is -2.40. The number of nitrogens with zero attached hydrogens (tertiary/aromatic N) is 3. The van der Waals surface area contributed by atoms with Crippen molar-refractivity contribution >= 4 is 17.5 Å². The molecule has 1 unspecified atom stereocenters. The molecule has 1 aliphatic heterocycles. The van der Waals surface area contributed by atoms with Crippen LogP contribution in [0.25, 0.3) is 5.69 Å². The van der Waals surface area contributed by atoms with Gasteiger partial charge in [0.2, 0.25) is 5.91 Å². The van der Waals surface area contributed by atoms with Crippen LogP contribution in [0.4, 0.5) is 5.69 Å². The summed E-state index contributed by atoms with van der Waals surface area (Å²) < 4.78 is 7.53. The van der Waals surface area contributed by atoms with Crippen molar-refractivity contribution in [1.29, 1.82) is 0 Å². The van der Waals surface area contributed by atoms with Gasteiger partial charge in [-0.25, -0.2) is 0 Å². The highest BCUT2D eigenvalue weighted by Gasteiger charge is 2.37. The van der Waals surface area contributed by atoms with Crippen molar-refractivity contribution in [1.82, 2.24) is 9.47 Å². The van der Waals surface area contributed by atoms with E-state index in [1.807, 2.05) is 104 Å². The third kappa shape index (κ3) is 5.78. The average Bonchev–Trinajstić information content (AvgIpc) is 3.49. The molecule has 0 fully saturated rings. The molecule has 5 rings (SSSR count). The molecule has 0 saturated carbocycles. The van der Waals surface area contributed by atoms with Gasteiger partial charge in [0, 0.05) is 17.8 Å². The Morgan fingerprint density at radius 1 is 0.878 bits per heavy atom. The maximum atomic E-state index is 14.3. The van der Waals surface area contributed by atoms with Crippen molar-refractivity contribution in [3.05, 3.63) is 114 Å². The number of benzene rings is 3. The fourth-order valence-corrected chi connectivity index (χ4v) is 5.63. The molecule has 0 aliphatic carbocycles. The van der Waals surface area contributed by atoms with E-state index in [0.717, 1.165) is 41.2 Å². The Labute approximate surface area is 243 Å². The zero-order valence-electron chi connectivity index (χ0n) is 24.4. The smallest absolute Gasteiger partial charge is 0.254 e. The number of unbranched alkanes of at least 4 members (excludes halogenated alkanes) is 2. The van der Waals surface area contributed by atoms with Crippen LogP contribution < -0.4 is 9.64 Å². The van der Waals surface area contributed by atoms with E-state index in [1.165, 1.54) is 18.4 Å². The first-order chi connectivity index (χ1) is 19.9. The largest absolute Gasteiger partial charge is 0.497 e. The average molecular weight is 550 g/mol. The number of carbonyl (C=O) groups is 2. The van der Waals surface area contributed by atoms with Crippen molar-refractivity contribution in [2.75, 3.05) is 18.6 Å². The fourth-order valence-electron chi connectivity index (χ4n) is 5.63. The number of amides is 2. The Morgan fingerprint density at radius 2 is 1.59 bits per heavy atom. The van der Waals surface area contributed by atoms with E-state index in [4.69, 9.17) is 4.74 Å². The second-order valence-corrected chi connectivity index (χ2v) is 10.9. The van der Waals surface area contributed by atoms with Crippen molar-refractivity contribution in [3.63, 3.8) is 0 Å². The van der Waals surface area contributed by atoms with Crippen LogP contribution >= 0.6 is 0 Å². The molecule has 41 heavy (non-hydrogen) atoms. The van der Waals surface area contributed by atoms with Crippen LogP contribution in [0.3, 0.4) is 0 Å². The molecular weight excluding hydrogens is 510 g/mol. The number of carbonyl (C=O) groups excluding carboxylic acids is 2. The highest BCUT2D eigenvalue weighted by molar-refractivity contribution is 6.02. The molecule has 0 bridgehead atoms. The number of fused-ring (bicyclic) bond motifs is 3. The number of methoxy groups -OCH3 is 1. The summed E-state index contributed by atoms with van der Waals surface area (Å²) in [6, 6.07) is 27.2. The third-order valence-electron chi connectivity index (χ3n) is 7.88. The molecule has 3 aromatic carbocycles. The van der Waals surface area contributed by atoms with Gasteiger partial charge in [0.1, 0.15) is 18.3 Å². The van der Waals surface area contributed by atoms with E-state index in [2.05, 4.69) is 17.6 Å². The predicted molar refractivity (Wildman–Crippen MR) is 164 cm³/mol. The predicted octanol–water partition coefficient (Wildman–Crippen LogP) is 7.21. The number of aryl methyl sites for hydroxylation is 1. The molecule has 0 radical (unpaired) electrons. The number of para-hydroxylation sites is 2. The van der Waals surface area contributed by atoms with Gasteiger partial charge < -0.3 is 14.2 Å². The molecule has 0 spiro atoms. The molecule has 6 nitrogen and oxygen atoms in total. The Balaban J connectivity index is 1.47. The summed E-state index contributed by atoms with van der Waals surface area (Å²) in [6.07, 6.45) is 6.57. The minimum absolute atomic E-state index is 0.0313.